The number of aryl methyl sites for hydroxylation is 1. The summed E-state index contributed by atoms with van der Waals surface area (Å²) in [4.78, 5) is 24.9. The van der Waals surface area contributed by atoms with Gasteiger partial charge in [-0.15, -0.1) is 11.3 Å². The van der Waals surface area contributed by atoms with E-state index in [4.69, 9.17) is 5.11 Å². The van der Waals surface area contributed by atoms with Gasteiger partial charge in [0.25, 0.3) is 0 Å². The molecule has 1 unspecified atom stereocenters. The Bertz CT molecular complexity index is 458. The van der Waals surface area contributed by atoms with Crippen molar-refractivity contribution in [2.45, 2.75) is 33.7 Å². The summed E-state index contributed by atoms with van der Waals surface area (Å²) in [6, 6.07) is 3.62. The van der Waals surface area contributed by atoms with Crippen LogP contribution in [-0.2, 0) is 11.3 Å². The van der Waals surface area contributed by atoms with E-state index in [2.05, 4.69) is 10.6 Å². The highest BCUT2D eigenvalue weighted by Crippen LogP contribution is 2.19. The van der Waals surface area contributed by atoms with Crippen LogP contribution in [0.1, 0.15) is 30.0 Å². The van der Waals surface area contributed by atoms with Crippen LogP contribution >= 0.6 is 11.3 Å². The summed E-state index contributed by atoms with van der Waals surface area (Å²) in [6.45, 7) is 6.00. The molecule has 1 aromatic heterocycles. The van der Waals surface area contributed by atoms with Crippen LogP contribution in [-0.4, -0.2) is 23.7 Å². The Morgan fingerprint density at radius 2 is 2.05 bits per heavy atom. The van der Waals surface area contributed by atoms with Crippen molar-refractivity contribution < 1.29 is 14.7 Å². The summed E-state index contributed by atoms with van der Waals surface area (Å²) in [5, 5.41) is 14.4. The van der Waals surface area contributed by atoms with Gasteiger partial charge in [-0.05, 0) is 32.4 Å². The van der Waals surface area contributed by atoms with E-state index in [1.165, 1.54) is 4.88 Å². The maximum Gasteiger partial charge on any atom is 0.315 e. The first-order chi connectivity index (χ1) is 8.87. The van der Waals surface area contributed by atoms with Gasteiger partial charge < -0.3 is 15.7 Å². The quantitative estimate of drug-likeness (QED) is 0.750. The van der Waals surface area contributed by atoms with E-state index >= 15 is 0 Å². The van der Waals surface area contributed by atoms with Crippen LogP contribution in [0.5, 0.6) is 0 Å². The van der Waals surface area contributed by atoms with Crippen molar-refractivity contribution in [1.82, 2.24) is 10.6 Å². The van der Waals surface area contributed by atoms with Gasteiger partial charge in [0.15, 0.2) is 0 Å². The molecule has 0 fully saturated rings. The number of hydrogen-bond acceptors (Lipinski definition) is 3. The largest absolute Gasteiger partial charge is 0.481 e. The summed E-state index contributed by atoms with van der Waals surface area (Å²) in [5.41, 5.74) is -0.920. The van der Waals surface area contributed by atoms with Crippen LogP contribution in [0.25, 0.3) is 0 Å². The lowest BCUT2D eigenvalue weighted by Gasteiger charge is -2.23. The fourth-order valence-corrected chi connectivity index (χ4v) is 2.27. The molecule has 0 aliphatic heterocycles. The second-order valence-electron chi connectivity index (χ2n) is 4.77. The normalized spacial score (nSPS) is 13.6. The van der Waals surface area contributed by atoms with Crippen molar-refractivity contribution in [2.75, 3.05) is 6.54 Å². The highest BCUT2D eigenvalue weighted by Gasteiger charge is 2.31. The lowest BCUT2D eigenvalue weighted by molar-refractivity contribution is -0.147. The van der Waals surface area contributed by atoms with Gasteiger partial charge in [0, 0.05) is 16.3 Å². The SMILES string of the molecule is CCC(C)(CNC(=O)NCc1ccc(C)s1)C(=O)O. The molecule has 6 heteroatoms. The first-order valence-electron chi connectivity index (χ1n) is 6.18. The van der Waals surface area contributed by atoms with Gasteiger partial charge in [-0.2, -0.15) is 0 Å². The number of carbonyl (C=O) groups is 2. The standard InChI is InChI=1S/C13H20N2O3S/c1-4-13(3,11(16)17)8-15-12(18)14-7-10-6-5-9(2)19-10/h5-6H,4,7-8H2,1-3H3,(H,16,17)(H2,14,15,18). The number of carboxylic acid groups (broad SMARTS) is 1. The third-order valence-corrected chi connectivity index (χ3v) is 4.16. The van der Waals surface area contributed by atoms with E-state index in [9.17, 15) is 9.59 Å². The van der Waals surface area contributed by atoms with Gasteiger partial charge in [0.05, 0.1) is 12.0 Å². The summed E-state index contributed by atoms with van der Waals surface area (Å²) in [7, 11) is 0. The summed E-state index contributed by atoms with van der Waals surface area (Å²) >= 11 is 1.63. The number of nitrogens with one attached hydrogen (secondary N) is 2. The molecule has 0 spiro atoms. The monoisotopic (exact) mass is 284 g/mol. The van der Waals surface area contributed by atoms with Crippen molar-refractivity contribution in [2.24, 2.45) is 5.41 Å². The van der Waals surface area contributed by atoms with E-state index in [-0.39, 0.29) is 12.6 Å². The molecule has 0 aliphatic rings. The van der Waals surface area contributed by atoms with Crippen molar-refractivity contribution in [1.29, 1.82) is 0 Å². The molecule has 1 atom stereocenters. The molecule has 0 radical (unpaired) electrons. The maximum atomic E-state index is 11.6. The molecule has 0 saturated carbocycles. The number of rotatable bonds is 6. The number of amides is 2. The topological polar surface area (TPSA) is 78.4 Å². The predicted octanol–water partition coefficient (Wildman–Crippen LogP) is 2.36. The summed E-state index contributed by atoms with van der Waals surface area (Å²) < 4.78 is 0. The number of urea groups is 1. The molecule has 0 aliphatic carbocycles. The van der Waals surface area contributed by atoms with Gasteiger partial charge in [0.2, 0.25) is 0 Å². The van der Waals surface area contributed by atoms with E-state index in [1.54, 1.807) is 25.2 Å². The van der Waals surface area contributed by atoms with Crippen LogP contribution < -0.4 is 10.6 Å². The molecule has 19 heavy (non-hydrogen) atoms. The Hall–Kier alpha value is -1.56. The van der Waals surface area contributed by atoms with Crippen molar-refractivity contribution >= 4 is 23.3 Å². The second kappa shape index (κ2) is 6.56. The third kappa shape index (κ3) is 4.55. The highest BCUT2D eigenvalue weighted by atomic mass is 32.1. The zero-order valence-corrected chi connectivity index (χ0v) is 12.3. The first-order valence-corrected chi connectivity index (χ1v) is 6.99. The molecule has 0 saturated heterocycles. The van der Waals surface area contributed by atoms with E-state index in [0.717, 1.165) is 4.88 Å². The zero-order chi connectivity index (χ0) is 14.5. The van der Waals surface area contributed by atoms with E-state index < -0.39 is 11.4 Å². The smallest absolute Gasteiger partial charge is 0.315 e. The molecule has 0 bridgehead atoms. The molecular weight excluding hydrogens is 264 g/mol. The Morgan fingerprint density at radius 1 is 1.37 bits per heavy atom. The number of carbonyl (C=O) groups excluding carboxylic acids is 1. The zero-order valence-electron chi connectivity index (χ0n) is 11.4. The van der Waals surface area contributed by atoms with Crippen LogP contribution in [0.3, 0.4) is 0 Å². The first kappa shape index (κ1) is 15.5. The second-order valence-corrected chi connectivity index (χ2v) is 6.14. The van der Waals surface area contributed by atoms with Crippen molar-refractivity contribution in [3.8, 4) is 0 Å². The molecule has 1 heterocycles. The lowest BCUT2D eigenvalue weighted by atomic mass is 9.88. The Balaban J connectivity index is 2.37. The summed E-state index contributed by atoms with van der Waals surface area (Å²) in [6.07, 6.45) is 0.465. The molecule has 5 nitrogen and oxygen atoms in total. The molecule has 1 aromatic rings. The van der Waals surface area contributed by atoms with Gasteiger partial charge in [-0.1, -0.05) is 6.92 Å². The molecule has 1 rings (SSSR count). The average Bonchev–Trinajstić information content (AvgIpc) is 2.79. The number of carboxylic acids is 1. The van der Waals surface area contributed by atoms with Gasteiger partial charge in [0.1, 0.15) is 0 Å². The van der Waals surface area contributed by atoms with Gasteiger partial charge in [-0.25, -0.2) is 4.79 Å². The number of hydrogen-bond donors (Lipinski definition) is 3. The van der Waals surface area contributed by atoms with Crippen molar-refractivity contribution in [3.63, 3.8) is 0 Å². The Labute approximate surface area is 117 Å². The minimum atomic E-state index is -0.920. The van der Waals surface area contributed by atoms with Gasteiger partial charge in [-0.3, -0.25) is 4.79 Å². The van der Waals surface area contributed by atoms with E-state index in [1.807, 2.05) is 19.1 Å². The number of thiophene rings is 1. The summed E-state index contributed by atoms with van der Waals surface area (Å²) in [5.74, 6) is -0.899. The van der Waals surface area contributed by atoms with Crippen LogP contribution in [0.15, 0.2) is 12.1 Å². The maximum absolute atomic E-state index is 11.6. The molecule has 106 valence electrons. The molecular formula is C13H20N2O3S. The van der Waals surface area contributed by atoms with Crippen LogP contribution in [0.2, 0.25) is 0 Å². The lowest BCUT2D eigenvalue weighted by Crippen LogP contribution is -2.44. The molecule has 2 amide bonds. The van der Waals surface area contributed by atoms with Crippen LogP contribution in [0.4, 0.5) is 4.79 Å². The van der Waals surface area contributed by atoms with E-state index in [0.29, 0.717) is 13.0 Å². The molecule has 3 N–H and O–H groups in total. The number of aliphatic carboxylic acids is 1. The fraction of sp³-hybridized carbons (Fsp3) is 0.538. The minimum Gasteiger partial charge on any atom is -0.481 e. The average molecular weight is 284 g/mol. The van der Waals surface area contributed by atoms with Crippen molar-refractivity contribution in [3.05, 3.63) is 21.9 Å². The highest BCUT2D eigenvalue weighted by molar-refractivity contribution is 7.11. The predicted molar refractivity (Wildman–Crippen MR) is 75.3 cm³/mol. The Kier molecular flexibility index (Phi) is 5.35. The van der Waals surface area contributed by atoms with Crippen LogP contribution in [0, 0.1) is 12.3 Å². The van der Waals surface area contributed by atoms with Gasteiger partial charge >= 0.3 is 12.0 Å². The minimum absolute atomic E-state index is 0.119. The fourth-order valence-electron chi connectivity index (χ4n) is 1.44. The molecule has 0 aromatic carbocycles. The third-order valence-electron chi connectivity index (χ3n) is 3.15. The Morgan fingerprint density at radius 3 is 2.53 bits per heavy atom.